The molecule has 0 aromatic heterocycles. The molecule has 3 aromatic rings. The zero-order chi connectivity index (χ0) is 27.0. The van der Waals surface area contributed by atoms with E-state index in [1.807, 2.05) is 0 Å². The molecule has 9 nitrogen and oxygen atoms in total. The van der Waals surface area contributed by atoms with E-state index in [4.69, 9.17) is 11.6 Å². The summed E-state index contributed by atoms with van der Waals surface area (Å²) in [4.78, 5) is 51.0. The van der Waals surface area contributed by atoms with Crippen LogP contribution in [0.5, 0.6) is 0 Å². The molecule has 0 saturated carbocycles. The van der Waals surface area contributed by atoms with Crippen LogP contribution in [0.4, 0.5) is 15.8 Å². The van der Waals surface area contributed by atoms with Gasteiger partial charge in [0.25, 0.3) is 17.5 Å². The van der Waals surface area contributed by atoms with E-state index in [1.165, 1.54) is 29.2 Å². The largest absolute Gasteiger partial charge is 0.347 e. The molecule has 2 heterocycles. The van der Waals surface area contributed by atoms with Crippen LogP contribution >= 0.6 is 11.6 Å². The Morgan fingerprint density at radius 1 is 1.11 bits per heavy atom. The summed E-state index contributed by atoms with van der Waals surface area (Å²) in [6.07, 6.45) is 3.63. The number of hydrogen-bond acceptors (Lipinski definition) is 5. The van der Waals surface area contributed by atoms with Crippen LogP contribution in [-0.2, 0) is 4.79 Å². The van der Waals surface area contributed by atoms with Gasteiger partial charge in [0.1, 0.15) is 11.9 Å². The summed E-state index contributed by atoms with van der Waals surface area (Å²) in [5, 5.41) is 16.4. The quantitative estimate of drug-likeness (QED) is 0.283. The lowest BCUT2D eigenvalue weighted by molar-refractivity contribution is -0.384. The molecule has 3 aromatic carbocycles. The lowest BCUT2D eigenvalue weighted by Crippen LogP contribution is -2.41. The summed E-state index contributed by atoms with van der Waals surface area (Å²) < 4.78 is 13.4. The molecule has 5 rings (SSSR count). The first-order valence-corrected chi connectivity index (χ1v) is 12.0. The maximum atomic E-state index is 13.5. The number of nitrogens with one attached hydrogen (secondary N) is 2. The van der Waals surface area contributed by atoms with Gasteiger partial charge in [0.2, 0.25) is 5.91 Å². The van der Waals surface area contributed by atoms with Crippen LogP contribution in [0.15, 0.2) is 60.7 Å². The smallest absolute Gasteiger partial charge is 0.270 e. The molecule has 0 bridgehead atoms. The first-order valence-electron chi connectivity index (χ1n) is 11.6. The van der Waals surface area contributed by atoms with Crippen LogP contribution in [-0.4, -0.2) is 46.2 Å². The first kappa shape index (κ1) is 25.1. The van der Waals surface area contributed by atoms with Crippen LogP contribution in [0.3, 0.4) is 0 Å². The molecule has 38 heavy (non-hydrogen) atoms. The second-order valence-corrected chi connectivity index (χ2v) is 9.40. The third kappa shape index (κ3) is 4.98. The van der Waals surface area contributed by atoms with Gasteiger partial charge in [-0.25, -0.2) is 4.39 Å². The minimum absolute atomic E-state index is 0.0313. The fourth-order valence-electron chi connectivity index (χ4n) is 4.58. The summed E-state index contributed by atoms with van der Waals surface area (Å²) in [6.45, 7) is 0.116. The minimum Gasteiger partial charge on any atom is -0.347 e. The third-order valence-electron chi connectivity index (χ3n) is 6.46. The number of nitro groups is 1. The number of rotatable bonds is 5. The second-order valence-electron chi connectivity index (χ2n) is 8.99. The van der Waals surface area contributed by atoms with Crippen molar-refractivity contribution in [1.82, 2.24) is 10.2 Å². The van der Waals surface area contributed by atoms with Gasteiger partial charge in [-0.3, -0.25) is 24.5 Å². The number of nitrogens with zero attached hydrogens (tertiary/aromatic N) is 2. The van der Waals surface area contributed by atoms with Gasteiger partial charge >= 0.3 is 0 Å². The Bertz CT molecular complexity index is 1530. The van der Waals surface area contributed by atoms with E-state index in [2.05, 4.69) is 10.6 Å². The summed E-state index contributed by atoms with van der Waals surface area (Å²) in [5.41, 5.74) is 2.08. The van der Waals surface area contributed by atoms with Crippen molar-refractivity contribution in [2.24, 2.45) is 0 Å². The number of fused-ring (bicyclic) bond motifs is 2. The Morgan fingerprint density at radius 3 is 2.61 bits per heavy atom. The van der Waals surface area contributed by atoms with Crippen molar-refractivity contribution in [1.29, 1.82) is 0 Å². The zero-order valence-electron chi connectivity index (χ0n) is 19.7. The van der Waals surface area contributed by atoms with Crippen LogP contribution in [0.25, 0.3) is 12.2 Å². The van der Waals surface area contributed by atoms with Gasteiger partial charge in [0.05, 0.1) is 21.2 Å². The Balaban J connectivity index is 1.34. The molecule has 1 saturated heterocycles. The molecule has 0 spiro atoms. The van der Waals surface area contributed by atoms with Crippen molar-refractivity contribution in [3.05, 3.63) is 104 Å². The number of carbonyl (C=O) groups excluding carboxylic acids is 3. The summed E-state index contributed by atoms with van der Waals surface area (Å²) in [7, 11) is 0. The highest BCUT2D eigenvalue weighted by atomic mass is 35.5. The number of benzene rings is 3. The number of non-ortho nitro benzene ring substituents is 1. The normalized spacial score (nSPS) is 18.5. The van der Waals surface area contributed by atoms with Crippen LogP contribution in [0.1, 0.15) is 38.3 Å². The van der Waals surface area contributed by atoms with Gasteiger partial charge < -0.3 is 15.5 Å². The van der Waals surface area contributed by atoms with Gasteiger partial charge in [0, 0.05) is 30.3 Å². The van der Waals surface area contributed by atoms with E-state index < -0.39 is 28.7 Å². The van der Waals surface area contributed by atoms with Crippen molar-refractivity contribution in [3.63, 3.8) is 0 Å². The average molecular weight is 535 g/mol. The molecule has 1 fully saturated rings. The topological polar surface area (TPSA) is 122 Å². The number of amides is 3. The fraction of sp³-hybridized carbons (Fsp3) is 0.148. The molecule has 0 radical (unpaired) electrons. The lowest BCUT2D eigenvalue weighted by atomic mass is 10.1. The highest BCUT2D eigenvalue weighted by molar-refractivity contribution is 6.31. The molecule has 192 valence electrons. The molecule has 2 atom stereocenters. The van der Waals surface area contributed by atoms with Crippen LogP contribution < -0.4 is 10.6 Å². The van der Waals surface area contributed by atoms with Gasteiger partial charge in [0.15, 0.2) is 0 Å². The van der Waals surface area contributed by atoms with Crippen molar-refractivity contribution in [2.45, 2.75) is 18.5 Å². The minimum atomic E-state index is -0.777. The van der Waals surface area contributed by atoms with Crippen molar-refractivity contribution < 1.29 is 23.7 Å². The monoisotopic (exact) mass is 534 g/mol. The summed E-state index contributed by atoms with van der Waals surface area (Å²) in [6, 6.07) is 13.5. The van der Waals surface area contributed by atoms with Gasteiger partial charge in [-0.05, 0) is 47.9 Å². The van der Waals surface area contributed by atoms with Gasteiger partial charge in [-0.2, -0.15) is 0 Å². The van der Waals surface area contributed by atoms with E-state index in [9.17, 15) is 28.9 Å². The summed E-state index contributed by atoms with van der Waals surface area (Å²) in [5.74, 6) is -1.86. The number of carbonyl (C=O) groups is 3. The van der Waals surface area contributed by atoms with Crippen molar-refractivity contribution in [2.75, 3.05) is 11.9 Å². The Morgan fingerprint density at radius 2 is 1.87 bits per heavy atom. The lowest BCUT2D eigenvalue weighted by Gasteiger charge is -2.20. The number of anilines is 1. The van der Waals surface area contributed by atoms with Gasteiger partial charge in [-0.15, -0.1) is 0 Å². The maximum Gasteiger partial charge on any atom is 0.270 e. The third-order valence-corrected chi connectivity index (χ3v) is 6.75. The maximum absolute atomic E-state index is 13.5. The Kier molecular flexibility index (Phi) is 6.64. The zero-order valence-corrected chi connectivity index (χ0v) is 20.4. The Hall–Kier alpha value is -4.57. The van der Waals surface area contributed by atoms with Crippen LogP contribution in [0, 0.1) is 15.9 Å². The SMILES string of the molecule is O=C(N[C@H]1C[C@H]2C(=O)Nc3ccc(/C=C/c4cccc([N+](=O)[O-])c4)cc3C(=O)N2C1)c1ccc(F)c(Cl)c1. The molecular weight excluding hydrogens is 515 g/mol. The molecule has 2 N–H and O–H groups in total. The van der Waals surface area contributed by atoms with Crippen LogP contribution in [0.2, 0.25) is 5.02 Å². The van der Waals surface area contributed by atoms with Crippen molar-refractivity contribution >= 4 is 52.8 Å². The van der Waals surface area contributed by atoms with E-state index in [-0.39, 0.29) is 41.1 Å². The van der Waals surface area contributed by atoms with E-state index in [1.54, 1.807) is 42.5 Å². The highest BCUT2D eigenvalue weighted by Crippen LogP contribution is 2.30. The predicted molar refractivity (Wildman–Crippen MR) is 139 cm³/mol. The molecule has 2 aliphatic rings. The van der Waals surface area contributed by atoms with E-state index in [0.29, 0.717) is 22.4 Å². The van der Waals surface area contributed by atoms with E-state index in [0.717, 1.165) is 6.07 Å². The van der Waals surface area contributed by atoms with Gasteiger partial charge in [-0.1, -0.05) is 42.0 Å². The van der Waals surface area contributed by atoms with Crippen molar-refractivity contribution in [3.8, 4) is 0 Å². The standard InChI is InChI=1S/C27H20ClFN4O5/c28-21-12-17(7-8-22(21)29)25(34)30-18-13-24-26(35)31-23-9-6-16(11-20(23)27(36)32(24)14-18)5-4-15-2-1-3-19(10-15)33(37)38/h1-12,18,24H,13-14H2,(H,30,34)(H,31,35)/b5-4+/t18-,24-/m0/s1. The van der Waals surface area contributed by atoms with E-state index >= 15 is 0 Å². The molecular formula is C27H20ClFN4O5. The molecule has 0 unspecified atom stereocenters. The highest BCUT2D eigenvalue weighted by Gasteiger charge is 2.43. The number of hydrogen-bond donors (Lipinski definition) is 2. The fourth-order valence-corrected chi connectivity index (χ4v) is 4.76. The number of halogens is 2. The summed E-state index contributed by atoms with van der Waals surface area (Å²) >= 11 is 5.78. The first-order chi connectivity index (χ1) is 18.2. The molecule has 2 aliphatic heterocycles. The second kappa shape index (κ2) is 10.1. The predicted octanol–water partition coefficient (Wildman–Crippen LogP) is 4.52. The number of nitro benzene ring substituents is 1. The molecule has 11 heteroatoms. The Labute approximate surface area is 221 Å². The molecule has 0 aliphatic carbocycles. The molecule has 3 amide bonds. The average Bonchev–Trinajstić information content (AvgIpc) is 3.29.